The van der Waals surface area contributed by atoms with E-state index in [1.807, 2.05) is 6.92 Å². The summed E-state index contributed by atoms with van der Waals surface area (Å²) in [4.78, 5) is 3.78. The van der Waals surface area contributed by atoms with Gasteiger partial charge in [0.25, 0.3) is 0 Å². The van der Waals surface area contributed by atoms with Gasteiger partial charge in [0.15, 0.2) is 0 Å². The van der Waals surface area contributed by atoms with E-state index in [0.717, 1.165) is 11.8 Å². The molecule has 1 rings (SSSR count). The van der Waals surface area contributed by atoms with Crippen molar-refractivity contribution in [2.45, 2.75) is 41.5 Å². The Hall–Kier alpha value is -1.51. The van der Waals surface area contributed by atoms with Crippen molar-refractivity contribution in [1.29, 1.82) is 5.41 Å². The summed E-state index contributed by atoms with van der Waals surface area (Å²) in [6, 6.07) is 1.70. The van der Waals surface area contributed by atoms with Crippen molar-refractivity contribution in [3.8, 4) is 0 Å². The molecule has 19 heavy (non-hydrogen) atoms. The molecule has 0 spiro atoms. The number of halogens is 1. The van der Waals surface area contributed by atoms with Crippen molar-refractivity contribution >= 4 is 5.57 Å². The van der Waals surface area contributed by atoms with Gasteiger partial charge in [0.05, 0.1) is 6.20 Å². The standard InChI is InChI=1S/C16H23FN2/c1-10(7-12(3)16(4,5)6)13-8-11(2)15(18)19-9-14(13)17/h7-9,12,18H,1-6H3. The number of aromatic nitrogens is 1. The molecule has 0 saturated heterocycles. The Kier molecular flexibility index (Phi) is 4.61. The fourth-order valence-corrected chi connectivity index (χ4v) is 1.66. The van der Waals surface area contributed by atoms with E-state index in [9.17, 15) is 4.39 Å². The van der Waals surface area contributed by atoms with Crippen LogP contribution >= 0.6 is 0 Å². The smallest absolute Gasteiger partial charge is 0.148 e. The summed E-state index contributed by atoms with van der Waals surface area (Å²) < 4.78 is 14.0. The van der Waals surface area contributed by atoms with Crippen LogP contribution in [0.3, 0.4) is 0 Å². The first kappa shape index (κ1) is 15.5. The topological polar surface area (TPSA) is 36.7 Å². The van der Waals surface area contributed by atoms with Gasteiger partial charge in [0.2, 0.25) is 0 Å². The third kappa shape index (κ3) is 3.98. The number of hydrogen-bond acceptors (Lipinski definition) is 2. The van der Waals surface area contributed by atoms with Gasteiger partial charge >= 0.3 is 0 Å². The van der Waals surface area contributed by atoms with E-state index < -0.39 is 0 Å². The number of nitrogens with zero attached hydrogens (tertiary/aromatic N) is 1. The Morgan fingerprint density at radius 2 is 2.00 bits per heavy atom. The molecule has 0 saturated carbocycles. The van der Waals surface area contributed by atoms with Crippen molar-refractivity contribution in [2.75, 3.05) is 0 Å². The van der Waals surface area contributed by atoms with E-state index in [1.165, 1.54) is 0 Å². The van der Waals surface area contributed by atoms with Crippen molar-refractivity contribution in [1.82, 2.24) is 4.98 Å². The first-order valence-electron chi connectivity index (χ1n) is 6.52. The second kappa shape index (κ2) is 5.64. The number of aryl methyl sites for hydroxylation is 1. The molecular formula is C16H23FN2. The number of rotatable bonds is 2. The summed E-state index contributed by atoms with van der Waals surface area (Å²) in [7, 11) is 0. The lowest BCUT2D eigenvalue weighted by Crippen LogP contribution is -2.15. The summed E-state index contributed by atoms with van der Waals surface area (Å²) in [6.07, 6.45) is 3.21. The van der Waals surface area contributed by atoms with Gasteiger partial charge in [-0.2, -0.15) is 0 Å². The highest BCUT2D eigenvalue weighted by atomic mass is 19.1. The van der Waals surface area contributed by atoms with Gasteiger partial charge < -0.3 is 0 Å². The molecule has 0 bridgehead atoms. The van der Waals surface area contributed by atoms with E-state index >= 15 is 0 Å². The number of hydrogen-bond donors (Lipinski definition) is 1. The highest BCUT2D eigenvalue weighted by Crippen LogP contribution is 2.29. The SMILES string of the molecule is CC(=CC(C)C(C)(C)C)c1cc(C)c(=N)ncc1F. The summed E-state index contributed by atoms with van der Waals surface area (Å²) in [5.74, 6) is -0.0439. The van der Waals surface area contributed by atoms with E-state index in [2.05, 4.69) is 38.8 Å². The fourth-order valence-electron chi connectivity index (χ4n) is 1.66. The van der Waals surface area contributed by atoms with Gasteiger partial charge in [0, 0.05) is 5.56 Å². The van der Waals surface area contributed by atoms with Gasteiger partial charge in [-0.3, -0.25) is 5.41 Å². The predicted molar refractivity (Wildman–Crippen MR) is 77.1 cm³/mol. The van der Waals surface area contributed by atoms with Gasteiger partial charge in [-0.05, 0) is 42.4 Å². The molecule has 1 atom stereocenters. The van der Waals surface area contributed by atoms with Crippen molar-refractivity contribution in [3.63, 3.8) is 0 Å². The number of allylic oxidation sites excluding steroid dienone is 2. The first-order chi connectivity index (χ1) is 8.62. The second-order valence-electron chi connectivity index (χ2n) is 6.20. The summed E-state index contributed by atoms with van der Waals surface area (Å²) in [6.45, 7) is 12.3. The van der Waals surface area contributed by atoms with Crippen LogP contribution in [0.5, 0.6) is 0 Å². The molecule has 1 aromatic rings. The largest absolute Gasteiger partial charge is 0.283 e. The van der Waals surface area contributed by atoms with Gasteiger partial charge in [-0.1, -0.05) is 33.8 Å². The summed E-state index contributed by atoms with van der Waals surface area (Å²) >= 11 is 0. The Bertz CT molecular complexity index is 554. The summed E-state index contributed by atoms with van der Waals surface area (Å²) in [5, 5.41) is 7.62. The van der Waals surface area contributed by atoms with Crippen LogP contribution in [-0.4, -0.2) is 4.98 Å². The molecule has 0 aliphatic rings. The van der Waals surface area contributed by atoms with Gasteiger partial charge in [-0.15, -0.1) is 0 Å². The third-order valence-electron chi connectivity index (χ3n) is 3.59. The molecule has 2 nitrogen and oxygen atoms in total. The van der Waals surface area contributed by atoms with Crippen molar-refractivity contribution in [3.05, 3.63) is 40.8 Å². The quantitative estimate of drug-likeness (QED) is 0.856. The molecule has 0 radical (unpaired) electrons. The van der Waals surface area contributed by atoms with Gasteiger partial charge in [0.1, 0.15) is 11.3 Å². The molecule has 0 amide bonds. The van der Waals surface area contributed by atoms with Crippen LogP contribution in [0.4, 0.5) is 4.39 Å². The Labute approximate surface area is 114 Å². The minimum absolute atomic E-state index is 0.113. The van der Waals surface area contributed by atoms with E-state index in [4.69, 9.17) is 5.41 Å². The van der Waals surface area contributed by atoms with Crippen LogP contribution < -0.4 is 5.49 Å². The molecule has 1 heterocycles. The van der Waals surface area contributed by atoms with Crippen LogP contribution in [0.15, 0.2) is 18.3 Å². The normalized spacial score (nSPS) is 14.4. The van der Waals surface area contributed by atoms with E-state index in [1.54, 1.807) is 13.0 Å². The maximum Gasteiger partial charge on any atom is 0.148 e. The zero-order valence-corrected chi connectivity index (χ0v) is 12.6. The van der Waals surface area contributed by atoms with Crippen molar-refractivity contribution in [2.24, 2.45) is 11.3 Å². The molecule has 0 aromatic carbocycles. The maximum absolute atomic E-state index is 14.0. The van der Waals surface area contributed by atoms with E-state index in [0.29, 0.717) is 17.0 Å². The Morgan fingerprint density at radius 3 is 2.53 bits per heavy atom. The summed E-state index contributed by atoms with van der Waals surface area (Å²) in [5.41, 5.74) is 2.35. The maximum atomic E-state index is 14.0. The molecule has 1 unspecified atom stereocenters. The van der Waals surface area contributed by atoms with Crippen LogP contribution in [0, 0.1) is 29.5 Å². The van der Waals surface area contributed by atoms with Crippen LogP contribution in [-0.2, 0) is 0 Å². The third-order valence-corrected chi connectivity index (χ3v) is 3.59. The molecule has 0 aliphatic heterocycles. The zero-order chi connectivity index (χ0) is 14.8. The molecule has 0 fully saturated rings. The average Bonchev–Trinajstić information content (AvgIpc) is 2.41. The van der Waals surface area contributed by atoms with Gasteiger partial charge in [-0.25, -0.2) is 9.37 Å². The van der Waals surface area contributed by atoms with Crippen LogP contribution in [0.1, 0.15) is 45.7 Å². The lowest BCUT2D eigenvalue weighted by molar-refractivity contribution is 0.315. The lowest BCUT2D eigenvalue weighted by atomic mass is 9.81. The molecule has 104 valence electrons. The second-order valence-corrected chi connectivity index (χ2v) is 6.20. The minimum Gasteiger partial charge on any atom is -0.283 e. The predicted octanol–water partition coefficient (Wildman–Crippen LogP) is 4.09. The molecule has 0 aliphatic carbocycles. The molecule has 1 N–H and O–H groups in total. The fraction of sp³-hybridized carbons (Fsp3) is 0.500. The Morgan fingerprint density at radius 1 is 1.42 bits per heavy atom. The highest BCUT2D eigenvalue weighted by Gasteiger charge is 2.18. The lowest BCUT2D eigenvalue weighted by Gasteiger charge is -2.25. The Balaban J connectivity index is 3.32. The van der Waals surface area contributed by atoms with Crippen LogP contribution in [0.25, 0.3) is 5.57 Å². The molecular weight excluding hydrogens is 239 g/mol. The van der Waals surface area contributed by atoms with Crippen molar-refractivity contribution < 1.29 is 4.39 Å². The minimum atomic E-state index is -0.378. The van der Waals surface area contributed by atoms with E-state index in [-0.39, 0.29) is 16.7 Å². The monoisotopic (exact) mass is 262 g/mol. The molecule has 1 aromatic heterocycles. The average molecular weight is 262 g/mol. The zero-order valence-electron chi connectivity index (χ0n) is 12.6. The molecule has 3 heteroatoms. The first-order valence-corrected chi connectivity index (χ1v) is 6.52. The number of nitrogens with one attached hydrogen (secondary N) is 1. The van der Waals surface area contributed by atoms with Crippen LogP contribution in [0.2, 0.25) is 0 Å². The highest BCUT2D eigenvalue weighted by molar-refractivity contribution is 5.64.